The minimum absolute atomic E-state index is 0.00897. The van der Waals surface area contributed by atoms with Crippen molar-refractivity contribution in [3.63, 3.8) is 0 Å². The number of carbonyl (C=O) groups excluding carboxylic acids is 1. The van der Waals surface area contributed by atoms with Gasteiger partial charge < -0.3 is 9.32 Å². The summed E-state index contributed by atoms with van der Waals surface area (Å²) in [6.45, 7) is 0. The molecule has 31 heavy (non-hydrogen) atoms. The van der Waals surface area contributed by atoms with E-state index in [0.717, 1.165) is 40.6 Å². The summed E-state index contributed by atoms with van der Waals surface area (Å²) in [5.41, 5.74) is 2.13. The summed E-state index contributed by atoms with van der Waals surface area (Å²) in [6.07, 6.45) is 5.97. The highest BCUT2D eigenvalue weighted by Crippen LogP contribution is 2.43. The van der Waals surface area contributed by atoms with Crippen LogP contribution in [0, 0.1) is 0 Å². The number of benzene rings is 2. The van der Waals surface area contributed by atoms with Crippen molar-refractivity contribution in [3.8, 4) is 0 Å². The van der Waals surface area contributed by atoms with Crippen LogP contribution in [0.1, 0.15) is 55.5 Å². The molecule has 0 saturated heterocycles. The highest BCUT2D eigenvalue weighted by atomic mass is 32.2. The molecular weight excluding hydrogens is 426 g/mol. The van der Waals surface area contributed by atoms with Gasteiger partial charge in [-0.1, -0.05) is 73.5 Å². The van der Waals surface area contributed by atoms with Crippen molar-refractivity contribution < 1.29 is 9.21 Å². The fraction of sp³-hybridized carbons (Fsp3) is 0.375. The van der Waals surface area contributed by atoms with E-state index in [1.165, 1.54) is 31.0 Å². The Morgan fingerprint density at radius 3 is 2.65 bits per heavy atom. The van der Waals surface area contributed by atoms with Crippen molar-refractivity contribution in [2.45, 2.75) is 54.2 Å². The molecule has 5 nitrogen and oxygen atoms in total. The van der Waals surface area contributed by atoms with Gasteiger partial charge in [0.05, 0.1) is 17.5 Å². The zero-order chi connectivity index (χ0) is 21.0. The maximum atomic E-state index is 13.4. The number of aromatic nitrogens is 2. The van der Waals surface area contributed by atoms with Crippen LogP contribution >= 0.6 is 23.5 Å². The van der Waals surface area contributed by atoms with Crippen molar-refractivity contribution in [2.75, 3.05) is 16.4 Å². The first-order valence-corrected chi connectivity index (χ1v) is 12.8. The normalized spacial score (nSPS) is 19.2. The summed E-state index contributed by atoms with van der Waals surface area (Å²) in [6, 6.07) is 18.4. The molecular formula is C24H25N3O2S2. The van der Waals surface area contributed by atoms with Gasteiger partial charge in [0.1, 0.15) is 0 Å². The molecule has 3 aromatic rings. The molecule has 1 aromatic heterocycles. The molecule has 5 rings (SSSR count). The van der Waals surface area contributed by atoms with Crippen LogP contribution in [0.15, 0.2) is 69.1 Å². The van der Waals surface area contributed by atoms with E-state index in [1.807, 2.05) is 41.3 Å². The van der Waals surface area contributed by atoms with Gasteiger partial charge >= 0.3 is 0 Å². The molecule has 1 aliphatic heterocycles. The van der Waals surface area contributed by atoms with E-state index in [9.17, 15) is 4.79 Å². The molecule has 0 spiro atoms. The first kappa shape index (κ1) is 20.6. The zero-order valence-electron chi connectivity index (χ0n) is 17.3. The van der Waals surface area contributed by atoms with Gasteiger partial charge in [-0.15, -0.1) is 22.0 Å². The molecule has 0 radical (unpaired) electrons. The van der Waals surface area contributed by atoms with E-state index in [0.29, 0.717) is 11.1 Å². The van der Waals surface area contributed by atoms with Crippen LogP contribution < -0.4 is 4.90 Å². The summed E-state index contributed by atoms with van der Waals surface area (Å²) >= 11 is 3.15. The third-order valence-electron chi connectivity index (χ3n) is 5.98. The summed E-state index contributed by atoms with van der Waals surface area (Å²) in [5, 5.41) is 8.96. The van der Waals surface area contributed by atoms with E-state index in [4.69, 9.17) is 4.42 Å². The van der Waals surface area contributed by atoms with Crippen LogP contribution in [0.2, 0.25) is 0 Å². The Hall–Kier alpha value is -2.25. The third kappa shape index (κ3) is 4.53. The van der Waals surface area contributed by atoms with Crippen LogP contribution in [-0.4, -0.2) is 27.6 Å². The van der Waals surface area contributed by atoms with Crippen LogP contribution in [0.5, 0.6) is 0 Å². The number of nitrogens with zero attached hydrogens (tertiary/aromatic N) is 3. The highest BCUT2D eigenvalue weighted by Gasteiger charge is 2.32. The van der Waals surface area contributed by atoms with Gasteiger partial charge in [-0.2, -0.15) is 0 Å². The Kier molecular flexibility index (Phi) is 6.32. The molecule has 2 aromatic carbocycles. The SMILES string of the molecule is O=C(CSc1nnc(C2CCCCC2)o1)N1c2ccccc2SCC1c1ccccc1. The Morgan fingerprint density at radius 1 is 1.03 bits per heavy atom. The summed E-state index contributed by atoms with van der Waals surface area (Å²) in [7, 11) is 0. The van der Waals surface area contributed by atoms with E-state index < -0.39 is 0 Å². The smallest absolute Gasteiger partial charge is 0.277 e. The lowest BCUT2D eigenvalue weighted by atomic mass is 9.89. The van der Waals surface area contributed by atoms with Crippen molar-refractivity contribution in [2.24, 2.45) is 0 Å². The molecule has 7 heteroatoms. The second kappa shape index (κ2) is 9.49. The second-order valence-electron chi connectivity index (χ2n) is 8.00. The van der Waals surface area contributed by atoms with E-state index in [2.05, 4.69) is 28.4 Å². The molecule has 160 valence electrons. The minimum Gasteiger partial charge on any atom is -0.416 e. The summed E-state index contributed by atoms with van der Waals surface area (Å²) < 4.78 is 5.91. The van der Waals surface area contributed by atoms with E-state index >= 15 is 0 Å². The number of para-hydroxylation sites is 1. The number of amides is 1. The molecule has 1 saturated carbocycles. The quantitative estimate of drug-likeness (QED) is 0.438. The number of thioether (sulfide) groups is 2. The van der Waals surface area contributed by atoms with E-state index in [1.54, 1.807) is 11.8 Å². The van der Waals surface area contributed by atoms with E-state index in [-0.39, 0.29) is 17.7 Å². The minimum atomic E-state index is 0.00897. The number of hydrogen-bond acceptors (Lipinski definition) is 6. The Bertz CT molecular complexity index is 1030. The summed E-state index contributed by atoms with van der Waals surface area (Å²) in [5.74, 6) is 2.28. The lowest BCUT2D eigenvalue weighted by Crippen LogP contribution is -2.39. The first-order chi connectivity index (χ1) is 15.3. The molecule has 1 fully saturated rings. The summed E-state index contributed by atoms with van der Waals surface area (Å²) in [4.78, 5) is 16.5. The Labute approximate surface area is 191 Å². The van der Waals surface area contributed by atoms with Crippen LogP contribution in [-0.2, 0) is 4.79 Å². The van der Waals surface area contributed by atoms with Crippen molar-refractivity contribution in [1.82, 2.24) is 10.2 Å². The van der Waals surface area contributed by atoms with Crippen molar-refractivity contribution in [1.29, 1.82) is 0 Å². The number of hydrogen-bond donors (Lipinski definition) is 0. The van der Waals surface area contributed by atoms with Crippen LogP contribution in [0.3, 0.4) is 0 Å². The average molecular weight is 452 g/mol. The van der Waals surface area contributed by atoms with Gasteiger partial charge in [-0.3, -0.25) is 4.79 Å². The molecule has 2 aliphatic rings. The average Bonchev–Trinajstić information content (AvgIpc) is 3.32. The monoisotopic (exact) mass is 451 g/mol. The fourth-order valence-corrected chi connectivity index (χ4v) is 6.20. The zero-order valence-corrected chi connectivity index (χ0v) is 18.9. The maximum absolute atomic E-state index is 13.4. The van der Waals surface area contributed by atoms with Gasteiger partial charge in [0.2, 0.25) is 11.8 Å². The number of carbonyl (C=O) groups is 1. The van der Waals surface area contributed by atoms with Gasteiger partial charge in [-0.25, -0.2) is 0 Å². The highest BCUT2D eigenvalue weighted by molar-refractivity contribution is 8.00. The molecule has 1 amide bonds. The topological polar surface area (TPSA) is 59.2 Å². The fourth-order valence-electron chi connectivity index (χ4n) is 4.40. The van der Waals surface area contributed by atoms with Gasteiger partial charge in [-0.05, 0) is 30.5 Å². The first-order valence-electron chi connectivity index (χ1n) is 10.8. The van der Waals surface area contributed by atoms with Gasteiger partial charge in [0, 0.05) is 16.6 Å². The van der Waals surface area contributed by atoms with Crippen LogP contribution in [0.25, 0.3) is 0 Å². The lowest BCUT2D eigenvalue weighted by molar-refractivity contribution is -0.116. The molecule has 0 N–H and O–H groups in total. The Balaban J connectivity index is 1.33. The van der Waals surface area contributed by atoms with Gasteiger partial charge in [0.15, 0.2) is 0 Å². The largest absolute Gasteiger partial charge is 0.416 e. The van der Waals surface area contributed by atoms with Crippen molar-refractivity contribution >= 4 is 35.1 Å². The second-order valence-corrected chi connectivity index (χ2v) is 9.99. The predicted molar refractivity (Wildman–Crippen MR) is 125 cm³/mol. The number of fused-ring (bicyclic) bond motifs is 1. The van der Waals surface area contributed by atoms with Crippen LogP contribution in [0.4, 0.5) is 5.69 Å². The van der Waals surface area contributed by atoms with Gasteiger partial charge in [0.25, 0.3) is 5.22 Å². The number of rotatable bonds is 5. The standard InChI is InChI=1S/C24H25N3O2S2/c28-22(16-31-24-26-25-23(29-24)18-11-5-2-6-12-18)27-19-13-7-8-14-21(19)30-15-20(27)17-9-3-1-4-10-17/h1,3-4,7-10,13-14,18,20H,2,5-6,11-12,15-16H2. The molecule has 1 atom stereocenters. The van der Waals surface area contributed by atoms with Crippen molar-refractivity contribution in [3.05, 3.63) is 66.1 Å². The molecule has 1 unspecified atom stereocenters. The maximum Gasteiger partial charge on any atom is 0.277 e. The molecule has 1 aliphatic carbocycles. The Morgan fingerprint density at radius 2 is 1.81 bits per heavy atom. The predicted octanol–water partition coefficient (Wildman–Crippen LogP) is 6.09. The number of anilines is 1. The lowest BCUT2D eigenvalue weighted by Gasteiger charge is -2.37. The third-order valence-corrected chi connectivity index (χ3v) is 7.92. The molecule has 0 bridgehead atoms. The molecule has 2 heterocycles.